The summed E-state index contributed by atoms with van der Waals surface area (Å²) in [5.41, 5.74) is 1.52. The van der Waals surface area contributed by atoms with E-state index in [1.165, 1.54) is 25.7 Å². The third-order valence-corrected chi connectivity index (χ3v) is 3.12. The topological polar surface area (TPSA) is 39.9 Å². The average molecular weight is 215 g/mol. The third kappa shape index (κ3) is 2.33. The molecule has 0 spiro atoms. The second kappa shape index (κ2) is 4.98. The maximum Gasteiger partial charge on any atom is 0.128 e. The van der Waals surface area contributed by atoms with E-state index >= 15 is 0 Å². The van der Waals surface area contributed by atoms with Gasteiger partial charge in [-0.2, -0.15) is 5.26 Å². The zero-order chi connectivity index (χ0) is 11.4. The van der Waals surface area contributed by atoms with Crippen LogP contribution in [0.1, 0.15) is 36.9 Å². The molecule has 0 atom stereocenters. The molecule has 0 aromatic carbocycles. The Balaban J connectivity index is 2.20. The molecule has 0 N–H and O–H groups in total. The maximum atomic E-state index is 8.86. The van der Waals surface area contributed by atoms with Gasteiger partial charge in [0.1, 0.15) is 11.9 Å². The van der Waals surface area contributed by atoms with Crippen LogP contribution in [0, 0.1) is 18.3 Å². The van der Waals surface area contributed by atoms with Gasteiger partial charge in [-0.05, 0) is 31.9 Å². The summed E-state index contributed by atoms with van der Waals surface area (Å²) >= 11 is 0. The largest absolute Gasteiger partial charge is 0.357 e. The van der Waals surface area contributed by atoms with E-state index in [2.05, 4.69) is 16.0 Å². The number of nitrogens with zero attached hydrogens (tertiary/aromatic N) is 3. The van der Waals surface area contributed by atoms with Crippen LogP contribution < -0.4 is 4.90 Å². The van der Waals surface area contributed by atoms with Crippen molar-refractivity contribution in [1.82, 2.24) is 4.98 Å². The number of nitriles is 1. The Kier molecular flexibility index (Phi) is 3.40. The third-order valence-electron chi connectivity index (χ3n) is 3.12. The molecule has 0 amide bonds. The lowest BCUT2D eigenvalue weighted by Gasteiger charge is -2.21. The smallest absolute Gasteiger partial charge is 0.128 e. The molecule has 0 radical (unpaired) electrons. The van der Waals surface area contributed by atoms with E-state index in [1.54, 1.807) is 0 Å². The van der Waals surface area contributed by atoms with Crippen LogP contribution in [0.5, 0.6) is 0 Å². The molecule has 1 aliphatic rings. The molecular formula is C13H17N3. The average Bonchev–Trinajstić information content (AvgIpc) is 2.57. The van der Waals surface area contributed by atoms with Crippen LogP contribution in [0.3, 0.4) is 0 Å². The number of anilines is 1. The molecule has 1 fully saturated rings. The second-order valence-corrected chi connectivity index (χ2v) is 4.32. The standard InChI is InChI=1S/C13H17N3/c1-11-12(10-14)6-7-13(15-11)16-8-4-2-3-5-9-16/h6-7H,2-5,8-9H2,1H3. The molecule has 0 unspecified atom stereocenters. The van der Waals surface area contributed by atoms with Gasteiger partial charge in [-0.25, -0.2) is 4.98 Å². The first-order valence-electron chi connectivity index (χ1n) is 5.94. The fourth-order valence-corrected chi connectivity index (χ4v) is 2.14. The van der Waals surface area contributed by atoms with Crippen LogP contribution in [-0.4, -0.2) is 18.1 Å². The van der Waals surface area contributed by atoms with Gasteiger partial charge < -0.3 is 4.90 Å². The quantitative estimate of drug-likeness (QED) is 0.723. The minimum absolute atomic E-state index is 0.679. The maximum absolute atomic E-state index is 8.86. The van der Waals surface area contributed by atoms with Crippen LogP contribution in [0.25, 0.3) is 0 Å². The van der Waals surface area contributed by atoms with Crippen molar-refractivity contribution in [3.63, 3.8) is 0 Å². The summed E-state index contributed by atoms with van der Waals surface area (Å²) in [6.07, 6.45) is 5.15. The first-order chi connectivity index (χ1) is 7.81. The monoisotopic (exact) mass is 215 g/mol. The lowest BCUT2D eigenvalue weighted by Crippen LogP contribution is -2.25. The minimum atomic E-state index is 0.679. The molecule has 0 saturated carbocycles. The van der Waals surface area contributed by atoms with E-state index in [0.29, 0.717) is 5.56 Å². The van der Waals surface area contributed by atoms with Crippen LogP contribution in [-0.2, 0) is 0 Å². The summed E-state index contributed by atoms with van der Waals surface area (Å²) in [6.45, 7) is 4.09. The molecule has 2 rings (SSSR count). The van der Waals surface area contributed by atoms with Crippen molar-refractivity contribution in [3.05, 3.63) is 23.4 Å². The van der Waals surface area contributed by atoms with Crippen molar-refractivity contribution in [3.8, 4) is 6.07 Å². The Hall–Kier alpha value is -1.56. The molecule has 0 bridgehead atoms. The summed E-state index contributed by atoms with van der Waals surface area (Å²) in [5.74, 6) is 1.03. The fourth-order valence-electron chi connectivity index (χ4n) is 2.14. The molecule has 1 aromatic heterocycles. The minimum Gasteiger partial charge on any atom is -0.357 e. The highest BCUT2D eigenvalue weighted by Crippen LogP contribution is 2.18. The van der Waals surface area contributed by atoms with Crippen molar-refractivity contribution in [2.24, 2.45) is 0 Å². The van der Waals surface area contributed by atoms with E-state index in [-0.39, 0.29) is 0 Å². The summed E-state index contributed by atoms with van der Waals surface area (Å²) < 4.78 is 0. The van der Waals surface area contributed by atoms with Crippen LogP contribution in [0.4, 0.5) is 5.82 Å². The van der Waals surface area contributed by atoms with Crippen molar-refractivity contribution < 1.29 is 0 Å². The number of aromatic nitrogens is 1. The summed E-state index contributed by atoms with van der Waals surface area (Å²) in [4.78, 5) is 6.85. The van der Waals surface area contributed by atoms with Crippen molar-refractivity contribution in [1.29, 1.82) is 5.26 Å². The highest BCUT2D eigenvalue weighted by molar-refractivity contribution is 5.45. The van der Waals surface area contributed by atoms with Gasteiger partial charge in [0.15, 0.2) is 0 Å². The fraction of sp³-hybridized carbons (Fsp3) is 0.538. The van der Waals surface area contributed by atoms with Crippen LogP contribution in [0.2, 0.25) is 0 Å². The number of hydrogen-bond donors (Lipinski definition) is 0. The molecule has 1 saturated heterocycles. The van der Waals surface area contributed by atoms with Gasteiger partial charge in [-0.15, -0.1) is 0 Å². The Morgan fingerprint density at radius 3 is 2.44 bits per heavy atom. The first kappa shape index (κ1) is 10.9. The van der Waals surface area contributed by atoms with Crippen LogP contribution >= 0.6 is 0 Å². The molecule has 3 nitrogen and oxygen atoms in total. The Bertz CT molecular complexity index is 398. The van der Waals surface area contributed by atoms with E-state index in [9.17, 15) is 0 Å². The van der Waals surface area contributed by atoms with E-state index < -0.39 is 0 Å². The van der Waals surface area contributed by atoms with Crippen molar-refractivity contribution >= 4 is 5.82 Å². The highest BCUT2D eigenvalue weighted by Gasteiger charge is 2.11. The molecule has 0 aliphatic carbocycles. The highest BCUT2D eigenvalue weighted by atomic mass is 15.2. The zero-order valence-corrected chi connectivity index (χ0v) is 9.74. The first-order valence-corrected chi connectivity index (χ1v) is 5.94. The Morgan fingerprint density at radius 1 is 1.19 bits per heavy atom. The Labute approximate surface area is 96.7 Å². The number of aryl methyl sites for hydroxylation is 1. The van der Waals surface area contributed by atoms with E-state index in [0.717, 1.165) is 24.6 Å². The molecule has 1 aliphatic heterocycles. The zero-order valence-electron chi connectivity index (χ0n) is 9.74. The molecule has 2 heterocycles. The lowest BCUT2D eigenvalue weighted by atomic mass is 10.2. The van der Waals surface area contributed by atoms with Gasteiger partial charge in [0.05, 0.1) is 11.3 Å². The predicted octanol–water partition coefficient (Wildman–Crippen LogP) is 2.64. The Morgan fingerprint density at radius 2 is 1.88 bits per heavy atom. The van der Waals surface area contributed by atoms with Gasteiger partial charge in [0.25, 0.3) is 0 Å². The van der Waals surface area contributed by atoms with Gasteiger partial charge >= 0.3 is 0 Å². The number of pyridine rings is 1. The second-order valence-electron chi connectivity index (χ2n) is 4.32. The van der Waals surface area contributed by atoms with E-state index in [4.69, 9.17) is 5.26 Å². The lowest BCUT2D eigenvalue weighted by molar-refractivity contribution is 0.726. The molecule has 16 heavy (non-hydrogen) atoms. The molecule has 84 valence electrons. The van der Waals surface area contributed by atoms with Gasteiger partial charge in [0, 0.05) is 13.1 Å². The van der Waals surface area contributed by atoms with Crippen LogP contribution in [0.15, 0.2) is 12.1 Å². The summed E-state index contributed by atoms with van der Waals surface area (Å²) in [6, 6.07) is 6.00. The normalized spacial score (nSPS) is 16.6. The predicted molar refractivity (Wildman–Crippen MR) is 64.4 cm³/mol. The molecule has 1 aromatic rings. The summed E-state index contributed by atoms with van der Waals surface area (Å²) in [7, 11) is 0. The summed E-state index contributed by atoms with van der Waals surface area (Å²) in [5, 5.41) is 8.86. The number of hydrogen-bond acceptors (Lipinski definition) is 3. The van der Waals surface area contributed by atoms with Gasteiger partial charge in [-0.1, -0.05) is 12.8 Å². The van der Waals surface area contributed by atoms with Gasteiger partial charge in [-0.3, -0.25) is 0 Å². The van der Waals surface area contributed by atoms with E-state index in [1.807, 2.05) is 19.1 Å². The molecule has 3 heteroatoms. The molecular weight excluding hydrogens is 198 g/mol. The van der Waals surface area contributed by atoms with Gasteiger partial charge in [0.2, 0.25) is 0 Å². The van der Waals surface area contributed by atoms with Crippen molar-refractivity contribution in [2.45, 2.75) is 32.6 Å². The SMILES string of the molecule is Cc1nc(N2CCCCCC2)ccc1C#N. The number of rotatable bonds is 1. The van der Waals surface area contributed by atoms with Crippen molar-refractivity contribution in [2.75, 3.05) is 18.0 Å².